The molecular weight excluding hydrogens is 825 g/mol. The van der Waals surface area contributed by atoms with Gasteiger partial charge in [0.2, 0.25) is 0 Å². The Morgan fingerprint density at radius 2 is 0.642 bits per heavy atom. The van der Waals surface area contributed by atoms with E-state index in [4.69, 9.17) is 9.47 Å². The smallest absolute Gasteiger partial charge is 0.306 e. The second kappa shape index (κ2) is 57.7. The third kappa shape index (κ3) is 55.8. The molecule has 0 aliphatic rings. The quantitative estimate of drug-likeness (QED) is 0.0374. The Hall–Kier alpha value is -2.66. The molecule has 0 aliphatic carbocycles. The van der Waals surface area contributed by atoms with E-state index in [0.717, 1.165) is 77.0 Å². The van der Waals surface area contributed by atoms with Crippen LogP contribution in [-0.4, -0.2) is 36.4 Å². The van der Waals surface area contributed by atoms with Gasteiger partial charge in [-0.05, 0) is 64.2 Å². The Morgan fingerprint density at radius 3 is 0.970 bits per heavy atom. The van der Waals surface area contributed by atoms with E-state index >= 15 is 0 Å². The molecule has 1 atom stereocenters. The number of rotatable bonds is 53. The number of hydrogen-bond donors (Lipinski definition) is 1. The summed E-state index contributed by atoms with van der Waals surface area (Å²) in [7, 11) is 0. The molecule has 0 spiro atoms. The van der Waals surface area contributed by atoms with Crippen LogP contribution in [0.1, 0.15) is 290 Å². The first-order valence-corrected chi connectivity index (χ1v) is 29.0. The highest BCUT2D eigenvalue weighted by molar-refractivity contribution is 5.70. The summed E-state index contributed by atoms with van der Waals surface area (Å²) in [6.07, 6.45) is 78.9. The average molecular weight is 936 g/mol. The molecule has 0 aromatic carbocycles. The van der Waals surface area contributed by atoms with Crippen molar-refractivity contribution < 1.29 is 24.2 Å². The molecule has 5 heteroatoms. The molecule has 1 unspecified atom stereocenters. The summed E-state index contributed by atoms with van der Waals surface area (Å²) >= 11 is 0. The Bertz CT molecular complexity index is 1190. The third-order valence-corrected chi connectivity index (χ3v) is 12.8. The van der Waals surface area contributed by atoms with Crippen molar-refractivity contribution in [2.45, 2.75) is 296 Å². The molecular formula is C62H110O5. The zero-order chi connectivity index (χ0) is 48.5. The van der Waals surface area contributed by atoms with Crippen molar-refractivity contribution in [3.05, 3.63) is 72.9 Å². The zero-order valence-electron chi connectivity index (χ0n) is 44.4. The van der Waals surface area contributed by atoms with Crippen LogP contribution < -0.4 is 0 Å². The molecule has 0 saturated carbocycles. The molecule has 0 aromatic heterocycles. The van der Waals surface area contributed by atoms with Gasteiger partial charge in [-0.1, -0.05) is 286 Å². The van der Waals surface area contributed by atoms with Gasteiger partial charge in [-0.3, -0.25) is 9.59 Å². The molecule has 0 fully saturated rings. The highest BCUT2D eigenvalue weighted by Gasteiger charge is 2.16. The zero-order valence-corrected chi connectivity index (χ0v) is 44.4. The molecule has 388 valence electrons. The standard InChI is InChI=1S/C62H110O5/c1-3-5-7-9-11-13-15-17-19-20-21-22-23-24-25-26-27-28-29-30-31-32-33-34-35-36-37-38-39-40-41-42-43-45-47-49-51-53-55-57-62(65)67-60(58-63)59-66-61(64)56-54-52-50-48-46-44-18-16-14-12-10-8-6-4-2/h5,7,11,13,17,19,21-22,24-25,27-28,60,63H,3-4,6,8-10,12,14-16,18,20,23,26,29-59H2,1-2H3/b7-5-,13-11-,19-17-,22-21-,25-24-,28-27-. The maximum absolute atomic E-state index is 12.3. The lowest BCUT2D eigenvalue weighted by molar-refractivity contribution is -0.161. The minimum atomic E-state index is -0.769. The van der Waals surface area contributed by atoms with Crippen molar-refractivity contribution in [1.29, 1.82) is 0 Å². The fraction of sp³-hybridized carbons (Fsp3) is 0.774. The molecule has 67 heavy (non-hydrogen) atoms. The van der Waals surface area contributed by atoms with Crippen molar-refractivity contribution in [1.82, 2.24) is 0 Å². The van der Waals surface area contributed by atoms with Gasteiger partial charge in [0.15, 0.2) is 6.10 Å². The van der Waals surface area contributed by atoms with Crippen LogP contribution in [0.25, 0.3) is 0 Å². The number of unbranched alkanes of at least 4 members (excludes halogenated alkanes) is 33. The molecule has 0 saturated heterocycles. The number of hydrogen-bond acceptors (Lipinski definition) is 5. The summed E-state index contributed by atoms with van der Waals surface area (Å²) in [6.45, 7) is 4.05. The number of aliphatic hydroxyl groups is 1. The maximum atomic E-state index is 12.3. The van der Waals surface area contributed by atoms with E-state index in [2.05, 4.69) is 86.8 Å². The monoisotopic (exact) mass is 935 g/mol. The Labute approximate surface area is 416 Å². The maximum Gasteiger partial charge on any atom is 0.306 e. The van der Waals surface area contributed by atoms with Gasteiger partial charge in [0, 0.05) is 12.8 Å². The Balaban J connectivity index is 3.42. The van der Waals surface area contributed by atoms with Gasteiger partial charge >= 0.3 is 11.9 Å². The predicted molar refractivity (Wildman–Crippen MR) is 293 cm³/mol. The lowest BCUT2D eigenvalue weighted by atomic mass is 10.0. The molecule has 0 bridgehead atoms. The lowest BCUT2D eigenvalue weighted by Crippen LogP contribution is -2.28. The minimum absolute atomic E-state index is 0.0614. The first-order chi connectivity index (χ1) is 33.1. The number of allylic oxidation sites excluding steroid dienone is 12. The SMILES string of the molecule is CC/C=C\C/C=C\C/C=C\C/C=C\C/C=C\C/C=C\CCCCCCCCCCCCCCCCCCCCCCC(=O)OC(CO)COC(=O)CCCCCCCCCCCCCCCC. The summed E-state index contributed by atoms with van der Waals surface area (Å²) in [5.74, 6) is -0.577. The molecule has 0 radical (unpaired) electrons. The fourth-order valence-electron chi connectivity index (χ4n) is 8.44. The second-order valence-electron chi connectivity index (χ2n) is 19.3. The van der Waals surface area contributed by atoms with Crippen LogP contribution in [0.15, 0.2) is 72.9 Å². The van der Waals surface area contributed by atoms with Crippen molar-refractivity contribution in [3.63, 3.8) is 0 Å². The molecule has 0 aliphatic heterocycles. The van der Waals surface area contributed by atoms with Crippen molar-refractivity contribution in [2.75, 3.05) is 13.2 Å². The van der Waals surface area contributed by atoms with E-state index in [-0.39, 0.29) is 25.2 Å². The van der Waals surface area contributed by atoms with E-state index in [1.807, 2.05) is 0 Å². The molecule has 0 rings (SSSR count). The van der Waals surface area contributed by atoms with E-state index in [1.54, 1.807) is 0 Å². The Kier molecular flexibility index (Phi) is 55.4. The van der Waals surface area contributed by atoms with Gasteiger partial charge in [0.1, 0.15) is 6.61 Å². The molecule has 0 heterocycles. The largest absolute Gasteiger partial charge is 0.462 e. The van der Waals surface area contributed by atoms with Gasteiger partial charge in [0.05, 0.1) is 6.61 Å². The van der Waals surface area contributed by atoms with E-state index < -0.39 is 6.10 Å². The van der Waals surface area contributed by atoms with Crippen molar-refractivity contribution in [3.8, 4) is 0 Å². The van der Waals surface area contributed by atoms with Crippen LogP contribution >= 0.6 is 0 Å². The van der Waals surface area contributed by atoms with Crippen molar-refractivity contribution in [2.24, 2.45) is 0 Å². The van der Waals surface area contributed by atoms with E-state index in [0.29, 0.717) is 12.8 Å². The predicted octanol–water partition coefficient (Wildman–Crippen LogP) is 19.6. The number of esters is 2. The first kappa shape index (κ1) is 64.3. The van der Waals surface area contributed by atoms with Crippen LogP contribution in [0.4, 0.5) is 0 Å². The van der Waals surface area contributed by atoms with Gasteiger partial charge in [-0.2, -0.15) is 0 Å². The molecule has 1 N–H and O–H groups in total. The summed E-state index contributed by atoms with van der Waals surface area (Å²) in [5, 5.41) is 9.63. The average Bonchev–Trinajstić information content (AvgIpc) is 3.33. The minimum Gasteiger partial charge on any atom is -0.462 e. The van der Waals surface area contributed by atoms with Gasteiger partial charge in [-0.25, -0.2) is 0 Å². The molecule has 5 nitrogen and oxygen atoms in total. The summed E-state index contributed by atoms with van der Waals surface area (Å²) in [6, 6.07) is 0. The number of carbonyl (C=O) groups is 2. The summed E-state index contributed by atoms with van der Waals surface area (Å²) in [4.78, 5) is 24.4. The molecule has 0 amide bonds. The molecule has 0 aromatic rings. The van der Waals surface area contributed by atoms with Gasteiger partial charge in [0.25, 0.3) is 0 Å². The number of ether oxygens (including phenoxy) is 2. The van der Waals surface area contributed by atoms with E-state index in [1.165, 1.54) is 186 Å². The third-order valence-electron chi connectivity index (χ3n) is 12.8. The van der Waals surface area contributed by atoms with Gasteiger partial charge < -0.3 is 14.6 Å². The highest BCUT2D eigenvalue weighted by Crippen LogP contribution is 2.17. The first-order valence-electron chi connectivity index (χ1n) is 29.0. The van der Waals surface area contributed by atoms with Crippen LogP contribution in [0.5, 0.6) is 0 Å². The second-order valence-corrected chi connectivity index (χ2v) is 19.3. The van der Waals surface area contributed by atoms with Crippen LogP contribution in [0.2, 0.25) is 0 Å². The Morgan fingerprint density at radius 1 is 0.358 bits per heavy atom. The van der Waals surface area contributed by atoms with Crippen LogP contribution in [-0.2, 0) is 19.1 Å². The number of carbonyl (C=O) groups excluding carboxylic acids is 2. The fourth-order valence-corrected chi connectivity index (χ4v) is 8.44. The van der Waals surface area contributed by atoms with Crippen LogP contribution in [0.3, 0.4) is 0 Å². The summed E-state index contributed by atoms with van der Waals surface area (Å²) < 4.78 is 10.7. The highest BCUT2D eigenvalue weighted by atomic mass is 16.6. The van der Waals surface area contributed by atoms with Gasteiger partial charge in [-0.15, -0.1) is 0 Å². The number of aliphatic hydroxyl groups excluding tert-OH is 1. The lowest BCUT2D eigenvalue weighted by Gasteiger charge is -2.15. The van der Waals surface area contributed by atoms with Crippen LogP contribution in [0, 0.1) is 0 Å². The van der Waals surface area contributed by atoms with E-state index in [9.17, 15) is 14.7 Å². The normalized spacial score (nSPS) is 12.7. The summed E-state index contributed by atoms with van der Waals surface area (Å²) in [5.41, 5.74) is 0. The topological polar surface area (TPSA) is 72.8 Å². The van der Waals surface area contributed by atoms with Crippen molar-refractivity contribution >= 4 is 11.9 Å².